The van der Waals surface area contributed by atoms with E-state index >= 15 is 0 Å². The maximum Gasteiger partial charge on any atom is 0.335 e. The average Bonchev–Trinajstić information content (AvgIpc) is 3.38. The van der Waals surface area contributed by atoms with Gasteiger partial charge < -0.3 is 20.1 Å². The number of nitrogens with zero attached hydrogens (tertiary/aromatic N) is 5. The van der Waals surface area contributed by atoms with Crippen LogP contribution >= 0.6 is 12.4 Å². The van der Waals surface area contributed by atoms with Gasteiger partial charge in [-0.3, -0.25) is 9.78 Å². The largest absolute Gasteiger partial charge is 0.478 e. The molecule has 0 spiro atoms. The number of aryl methyl sites for hydroxylation is 2. The van der Waals surface area contributed by atoms with Crippen LogP contribution in [0.5, 0.6) is 5.88 Å². The summed E-state index contributed by atoms with van der Waals surface area (Å²) in [5.74, 6) is -0.539. The molecule has 3 N–H and O–H groups in total. The third-order valence-electron chi connectivity index (χ3n) is 10.2. The van der Waals surface area contributed by atoms with Crippen molar-refractivity contribution in [1.29, 1.82) is 0 Å². The number of carbonyl (C=O) groups excluding carboxylic acids is 1. The van der Waals surface area contributed by atoms with Crippen LogP contribution < -0.4 is 14.8 Å². The van der Waals surface area contributed by atoms with Gasteiger partial charge in [0.15, 0.2) is 5.69 Å². The van der Waals surface area contributed by atoms with Crippen LogP contribution in [0.3, 0.4) is 0 Å². The average molecular weight is 748 g/mol. The molecule has 0 unspecified atom stereocenters. The normalized spacial score (nSPS) is 19.3. The van der Waals surface area contributed by atoms with Crippen LogP contribution in [0.4, 0.5) is 5.95 Å². The lowest BCUT2D eigenvalue weighted by Gasteiger charge is -2.63. The minimum atomic E-state index is -4.25. The first-order valence-corrected chi connectivity index (χ1v) is 18.6. The number of carboxylic acids is 1. The smallest absolute Gasteiger partial charge is 0.335 e. The van der Waals surface area contributed by atoms with E-state index in [2.05, 4.69) is 25.0 Å². The van der Waals surface area contributed by atoms with Crippen LogP contribution in [0, 0.1) is 25.2 Å². The second-order valence-corrected chi connectivity index (χ2v) is 16.1. The lowest BCUT2D eigenvalue weighted by Crippen LogP contribution is -2.55. The number of sulfonamides is 1. The Hall–Kier alpha value is -4.66. The Morgan fingerprint density at radius 1 is 1.06 bits per heavy atom. The van der Waals surface area contributed by atoms with Gasteiger partial charge in [-0.2, -0.15) is 4.98 Å². The summed E-state index contributed by atoms with van der Waals surface area (Å²) in [4.78, 5) is 44.0. The summed E-state index contributed by atoms with van der Waals surface area (Å²) in [6.07, 6.45) is 6.16. The Kier molecular flexibility index (Phi) is 10.3. The molecule has 8 rings (SSSR count). The van der Waals surface area contributed by atoms with Crippen LogP contribution in [-0.2, 0) is 23.1 Å². The van der Waals surface area contributed by atoms with Gasteiger partial charge in [0.2, 0.25) is 11.8 Å². The number of carbonyl (C=O) groups is 2. The van der Waals surface area contributed by atoms with Crippen molar-refractivity contribution in [3.8, 4) is 17.1 Å². The first-order chi connectivity index (χ1) is 24.3. The molecule has 4 aromatic rings. The molecule has 0 saturated heterocycles. The molecule has 4 aliphatic rings. The highest BCUT2D eigenvalue weighted by Crippen LogP contribution is 2.66. The minimum absolute atomic E-state index is 0. The van der Waals surface area contributed by atoms with E-state index in [1.165, 1.54) is 37.5 Å². The van der Waals surface area contributed by atoms with Crippen molar-refractivity contribution in [3.05, 3.63) is 88.5 Å². The number of hydrogen-bond acceptors (Lipinski definition) is 10. The van der Waals surface area contributed by atoms with Crippen molar-refractivity contribution in [3.63, 3.8) is 0 Å². The van der Waals surface area contributed by atoms with Gasteiger partial charge >= 0.3 is 5.97 Å². The Labute approximate surface area is 309 Å². The van der Waals surface area contributed by atoms with E-state index in [0.717, 1.165) is 40.8 Å². The van der Waals surface area contributed by atoms with Crippen LogP contribution in [0.25, 0.3) is 11.3 Å². The third-order valence-corrected chi connectivity index (χ3v) is 11.5. The van der Waals surface area contributed by atoms with Gasteiger partial charge in [0, 0.05) is 30.3 Å². The van der Waals surface area contributed by atoms with Gasteiger partial charge in [0.1, 0.15) is 6.61 Å². The predicted octanol–water partition coefficient (Wildman–Crippen LogP) is 5.56. The minimum Gasteiger partial charge on any atom is -0.478 e. The first kappa shape index (κ1) is 37.1. The van der Waals surface area contributed by atoms with Gasteiger partial charge in [0.25, 0.3) is 15.9 Å². The number of halogens is 1. The van der Waals surface area contributed by atoms with E-state index < -0.39 is 16.0 Å². The Bertz CT molecular complexity index is 2110. The van der Waals surface area contributed by atoms with Gasteiger partial charge in [-0.05, 0) is 94.0 Å². The van der Waals surface area contributed by atoms with Gasteiger partial charge in [-0.15, -0.1) is 12.4 Å². The highest BCUT2D eigenvalue weighted by atomic mass is 35.5. The van der Waals surface area contributed by atoms with Crippen LogP contribution in [0.15, 0.2) is 59.6 Å². The molecule has 13 nitrogen and oxygen atoms in total. The number of aromatic carboxylic acids is 1. The topological polar surface area (TPSA) is 177 Å². The third kappa shape index (κ3) is 7.46. The molecule has 274 valence electrons. The Morgan fingerprint density at radius 3 is 2.42 bits per heavy atom. The molecule has 1 atom stereocenters. The molecule has 2 bridgehead atoms. The molecular weight excluding hydrogens is 706 g/mol. The monoisotopic (exact) mass is 747 g/mol. The van der Waals surface area contributed by atoms with Crippen molar-refractivity contribution in [2.45, 2.75) is 83.4 Å². The molecule has 0 radical (unpaired) electrons. The maximum absolute atomic E-state index is 13.4. The van der Waals surface area contributed by atoms with E-state index in [4.69, 9.17) is 9.72 Å². The molecule has 3 heterocycles. The number of rotatable bonds is 14. The number of nitrogens with one attached hydrogen (secondary N) is 2. The number of carboxylic acid groups (broad SMARTS) is 1. The summed E-state index contributed by atoms with van der Waals surface area (Å²) in [6, 6.07) is 12.6. The van der Waals surface area contributed by atoms with Crippen molar-refractivity contribution in [1.82, 2.24) is 30.2 Å². The Balaban J connectivity index is 0.00000464. The van der Waals surface area contributed by atoms with Crippen molar-refractivity contribution >= 4 is 40.3 Å². The van der Waals surface area contributed by atoms with Crippen molar-refractivity contribution < 1.29 is 27.9 Å². The quantitative estimate of drug-likeness (QED) is 0.147. The van der Waals surface area contributed by atoms with E-state index in [0.29, 0.717) is 35.6 Å². The van der Waals surface area contributed by atoms with Gasteiger partial charge in [0.05, 0.1) is 40.3 Å². The number of amides is 1. The highest BCUT2D eigenvalue weighted by molar-refractivity contribution is 7.92. The summed E-state index contributed by atoms with van der Waals surface area (Å²) in [7, 11) is -4.25. The molecule has 3 fully saturated rings. The van der Waals surface area contributed by atoms with Crippen molar-refractivity contribution in [2.75, 3.05) is 11.3 Å². The SMILES string of the molecule is Cc1cccc(C)c1-c1cc(OC[C@@H](CC23CC(C2)C3)NCc2cnc3c(n2)CN(C(C)C)C3=O)nc(NS(=O)(=O)c2cccc(C(=O)O)c2)n1.Cl. The molecule has 1 amide bonds. The zero-order chi connectivity index (χ0) is 36.1. The lowest BCUT2D eigenvalue weighted by molar-refractivity contribution is -0.119. The zero-order valence-corrected chi connectivity index (χ0v) is 31.1. The van der Waals surface area contributed by atoms with Gasteiger partial charge in [-0.25, -0.2) is 27.9 Å². The predicted molar refractivity (Wildman–Crippen MR) is 196 cm³/mol. The molecule has 1 aliphatic heterocycles. The van der Waals surface area contributed by atoms with Crippen molar-refractivity contribution in [2.24, 2.45) is 11.3 Å². The Morgan fingerprint density at radius 2 is 1.77 bits per heavy atom. The molecule has 52 heavy (non-hydrogen) atoms. The van der Waals surface area contributed by atoms with Gasteiger partial charge in [-0.1, -0.05) is 24.3 Å². The summed E-state index contributed by atoms with van der Waals surface area (Å²) in [5, 5.41) is 13.0. The number of anilines is 1. The summed E-state index contributed by atoms with van der Waals surface area (Å²) in [5.41, 5.74) is 5.15. The van der Waals surface area contributed by atoms with Crippen LogP contribution in [-0.4, -0.2) is 68.9 Å². The maximum atomic E-state index is 13.4. The molecule has 2 aromatic carbocycles. The zero-order valence-electron chi connectivity index (χ0n) is 29.4. The summed E-state index contributed by atoms with van der Waals surface area (Å²) >= 11 is 0. The number of ether oxygens (including phenoxy) is 1. The van der Waals surface area contributed by atoms with E-state index in [1.807, 2.05) is 45.9 Å². The van der Waals surface area contributed by atoms with E-state index in [-0.39, 0.29) is 59.3 Å². The second kappa shape index (κ2) is 14.4. The fourth-order valence-electron chi connectivity index (χ4n) is 7.55. The van der Waals surface area contributed by atoms with E-state index in [1.54, 1.807) is 17.2 Å². The first-order valence-electron chi connectivity index (χ1n) is 17.1. The lowest BCUT2D eigenvalue weighted by atomic mass is 9.43. The summed E-state index contributed by atoms with van der Waals surface area (Å²) < 4.78 is 35.7. The fourth-order valence-corrected chi connectivity index (χ4v) is 8.54. The molecule has 15 heteroatoms. The molecule has 3 saturated carbocycles. The van der Waals surface area contributed by atoms with Crippen LogP contribution in [0.1, 0.15) is 82.9 Å². The number of hydrogen-bond donors (Lipinski definition) is 3. The number of benzene rings is 2. The second-order valence-electron chi connectivity index (χ2n) is 14.4. The van der Waals surface area contributed by atoms with Crippen LogP contribution in [0.2, 0.25) is 0 Å². The number of fused-ring (bicyclic) bond motifs is 1. The van der Waals surface area contributed by atoms with E-state index in [9.17, 15) is 23.1 Å². The molecule has 3 aliphatic carbocycles. The molecule has 2 aromatic heterocycles. The fraction of sp³-hybridized carbons (Fsp3) is 0.405. The number of aromatic nitrogens is 4. The molecular formula is C37H42ClN7O6S. The highest BCUT2D eigenvalue weighted by Gasteiger charge is 2.56. The summed E-state index contributed by atoms with van der Waals surface area (Å²) in [6.45, 7) is 8.98. The standard InChI is InChI=1S/C37H41N7O6S.ClH/c1-21(2)44-19-30-33(34(44)45)39-18-27(40-30)17-38-26(16-37-13-24(14-37)15-37)20-50-31-12-29(32-22(3)7-5-8-23(32)4)41-36(42-31)43-51(48,49)28-10-6-9-25(11-28)35(46)47;/h5-12,18,21,24,26,38H,13-17,19-20H2,1-4H3,(H,46,47)(H,41,42,43);1H/t24?,26-,37?;/m1./s1.